The second-order valence-electron chi connectivity index (χ2n) is 6.49. The highest BCUT2D eigenvalue weighted by Gasteiger charge is 2.46. The first kappa shape index (κ1) is 15.3. The third-order valence-corrected chi connectivity index (χ3v) is 4.51. The molecule has 114 valence electrons. The lowest BCUT2D eigenvalue weighted by Gasteiger charge is -2.40. The number of nitrogens with one attached hydrogen (secondary N) is 1. The van der Waals surface area contributed by atoms with E-state index in [2.05, 4.69) is 5.32 Å². The second kappa shape index (κ2) is 5.72. The zero-order valence-corrected chi connectivity index (χ0v) is 12.9. The van der Waals surface area contributed by atoms with E-state index in [0.29, 0.717) is 18.9 Å². The molecule has 1 saturated carbocycles. The normalized spacial score (nSPS) is 27.7. The Bertz CT molecular complexity index is 391. The molecule has 1 saturated heterocycles. The van der Waals surface area contributed by atoms with E-state index in [1.54, 1.807) is 12.0 Å². The smallest absolute Gasteiger partial charge is 0.246 e. The summed E-state index contributed by atoms with van der Waals surface area (Å²) in [5.41, 5.74) is -0.276. The Morgan fingerprint density at radius 1 is 1.35 bits per heavy atom. The van der Waals surface area contributed by atoms with Gasteiger partial charge in [-0.3, -0.25) is 9.59 Å². The maximum absolute atomic E-state index is 12.6. The number of carbonyl (C=O) groups is 2. The van der Waals surface area contributed by atoms with E-state index in [-0.39, 0.29) is 29.5 Å². The molecule has 2 fully saturated rings. The van der Waals surface area contributed by atoms with Gasteiger partial charge in [-0.15, -0.1) is 0 Å². The maximum Gasteiger partial charge on any atom is 0.246 e. The van der Waals surface area contributed by atoms with Gasteiger partial charge in [-0.2, -0.15) is 0 Å². The molecule has 2 rings (SSSR count). The van der Waals surface area contributed by atoms with Crippen LogP contribution in [-0.2, 0) is 14.3 Å². The summed E-state index contributed by atoms with van der Waals surface area (Å²) in [7, 11) is 1.68. The molecule has 0 aromatic rings. The Labute approximate surface area is 121 Å². The monoisotopic (exact) mass is 282 g/mol. The van der Waals surface area contributed by atoms with Crippen molar-refractivity contribution in [2.45, 2.75) is 64.1 Å². The Hall–Kier alpha value is -1.10. The van der Waals surface area contributed by atoms with Gasteiger partial charge in [0.25, 0.3) is 0 Å². The van der Waals surface area contributed by atoms with Crippen molar-refractivity contribution in [3.05, 3.63) is 0 Å². The van der Waals surface area contributed by atoms with E-state index in [1.807, 2.05) is 20.8 Å². The molecule has 2 unspecified atom stereocenters. The Balaban J connectivity index is 2.08. The van der Waals surface area contributed by atoms with Crippen LogP contribution in [0.25, 0.3) is 0 Å². The summed E-state index contributed by atoms with van der Waals surface area (Å²) in [6.07, 6.45) is 3.48. The molecular formula is C15H26N2O3. The topological polar surface area (TPSA) is 58.6 Å². The molecular weight excluding hydrogens is 256 g/mol. The first-order valence-electron chi connectivity index (χ1n) is 7.55. The van der Waals surface area contributed by atoms with Gasteiger partial charge in [-0.25, -0.2) is 0 Å². The highest BCUT2D eigenvalue weighted by Crippen LogP contribution is 2.35. The summed E-state index contributed by atoms with van der Waals surface area (Å²) >= 11 is 0. The van der Waals surface area contributed by atoms with Crippen molar-refractivity contribution < 1.29 is 14.3 Å². The van der Waals surface area contributed by atoms with Crippen molar-refractivity contribution >= 4 is 11.8 Å². The van der Waals surface area contributed by atoms with E-state index in [4.69, 9.17) is 4.74 Å². The SMILES string of the molecule is CCC1C(=O)NC(C2CC2)C(=O)N1CCC(C)(C)OC. The van der Waals surface area contributed by atoms with Crippen molar-refractivity contribution in [1.29, 1.82) is 0 Å². The highest BCUT2D eigenvalue weighted by molar-refractivity contribution is 5.97. The molecule has 5 heteroatoms. The van der Waals surface area contributed by atoms with Gasteiger partial charge in [0.2, 0.25) is 11.8 Å². The molecule has 0 spiro atoms. The average molecular weight is 282 g/mol. The lowest BCUT2D eigenvalue weighted by atomic mass is 9.99. The minimum atomic E-state index is -0.329. The lowest BCUT2D eigenvalue weighted by Crippen LogP contribution is -2.64. The summed E-state index contributed by atoms with van der Waals surface area (Å²) in [5, 5.41) is 2.91. The van der Waals surface area contributed by atoms with Crippen molar-refractivity contribution in [2.24, 2.45) is 5.92 Å². The third kappa shape index (κ3) is 3.14. The second-order valence-corrected chi connectivity index (χ2v) is 6.49. The predicted molar refractivity (Wildman–Crippen MR) is 76.2 cm³/mol. The standard InChI is InChI=1S/C15H26N2O3/c1-5-11-13(18)16-12(10-6-7-10)14(19)17(11)9-8-15(2,3)20-4/h10-12H,5-9H2,1-4H3,(H,16,18). The van der Waals surface area contributed by atoms with Crippen molar-refractivity contribution in [3.8, 4) is 0 Å². The van der Waals surface area contributed by atoms with Crippen LogP contribution in [0.5, 0.6) is 0 Å². The van der Waals surface area contributed by atoms with E-state index in [9.17, 15) is 9.59 Å². The molecule has 1 aliphatic heterocycles. The highest BCUT2D eigenvalue weighted by atomic mass is 16.5. The van der Waals surface area contributed by atoms with Crippen LogP contribution >= 0.6 is 0 Å². The molecule has 0 aromatic heterocycles. The number of piperazine rings is 1. The van der Waals surface area contributed by atoms with Gasteiger partial charge in [-0.05, 0) is 45.4 Å². The molecule has 1 heterocycles. The van der Waals surface area contributed by atoms with Crippen molar-refractivity contribution in [3.63, 3.8) is 0 Å². The summed E-state index contributed by atoms with van der Waals surface area (Å²) < 4.78 is 5.41. The molecule has 0 bridgehead atoms. The molecule has 2 atom stereocenters. The minimum absolute atomic E-state index is 0.000719. The van der Waals surface area contributed by atoms with Gasteiger partial charge in [-0.1, -0.05) is 6.92 Å². The van der Waals surface area contributed by atoms with Gasteiger partial charge < -0.3 is 15.0 Å². The predicted octanol–water partition coefficient (Wildman–Crippen LogP) is 1.32. The minimum Gasteiger partial charge on any atom is -0.379 e. The number of carbonyl (C=O) groups excluding carboxylic acids is 2. The first-order valence-corrected chi connectivity index (χ1v) is 7.55. The van der Waals surface area contributed by atoms with Crippen LogP contribution in [0, 0.1) is 5.92 Å². The van der Waals surface area contributed by atoms with Crippen LogP contribution in [0.2, 0.25) is 0 Å². The molecule has 2 amide bonds. The van der Waals surface area contributed by atoms with Crippen molar-refractivity contribution in [1.82, 2.24) is 10.2 Å². The van der Waals surface area contributed by atoms with Gasteiger partial charge in [0, 0.05) is 13.7 Å². The van der Waals surface area contributed by atoms with E-state index >= 15 is 0 Å². The summed E-state index contributed by atoms with van der Waals surface area (Å²) in [5.74, 6) is 0.437. The Morgan fingerprint density at radius 3 is 2.50 bits per heavy atom. The summed E-state index contributed by atoms with van der Waals surface area (Å²) in [6, 6.07) is -0.624. The number of ether oxygens (including phenoxy) is 1. The summed E-state index contributed by atoms with van der Waals surface area (Å²) in [6.45, 7) is 6.53. The number of hydrogen-bond donors (Lipinski definition) is 1. The average Bonchev–Trinajstić information content (AvgIpc) is 3.23. The zero-order valence-electron chi connectivity index (χ0n) is 12.9. The van der Waals surface area contributed by atoms with E-state index < -0.39 is 0 Å². The number of amides is 2. The molecule has 0 radical (unpaired) electrons. The van der Waals surface area contributed by atoms with Gasteiger partial charge in [0.15, 0.2) is 0 Å². The quantitative estimate of drug-likeness (QED) is 0.799. The summed E-state index contributed by atoms with van der Waals surface area (Å²) in [4.78, 5) is 26.5. The van der Waals surface area contributed by atoms with Crippen LogP contribution in [0.3, 0.4) is 0 Å². The molecule has 2 aliphatic rings. The molecule has 1 N–H and O–H groups in total. The molecule has 5 nitrogen and oxygen atoms in total. The fourth-order valence-electron chi connectivity index (χ4n) is 2.70. The Kier molecular flexibility index (Phi) is 4.37. The van der Waals surface area contributed by atoms with Gasteiger partial charge in [0.1, 0.15) is 12.1 Å². The third-order valence-electron chi connectivity index (χ3n) is 4.51. The van der Waals surface area contributed by atoms with Crippen LogP contribution in [0.15, 0.2) is 0 Å². The fraction of sp³-hybridized carbons (Fsp3) is 0.867. The number of nitrogens with zero attached hydrogens (tertiary/aromatic N) is 1. The molecule has 1 aliphatic carbocycles. The fourth-order valence-corrected chi connectivity index (χ4v) is 2.70. The number of hydrogen-bond acceptors (Lipinski definition) is 3. The maximum atomic E-state index is 12.6. The molecule has 0 aromatic carbocycles. The van der Waals surface area contributed by atoms with E-state index in [0.717, 1.165) is 19.3 Å². The number of rotatable bonds is 6. The van der Waals surface area contributed by atoms with Crippen LogP contribution < -0.4 is 5.32 Å². The van der Waals surface area contributed by atoms with Crippen LogP contribution in [-0.4, -0.2) is 48.1 Å². The lowest BCUT2D eigenvalue weighted by molar-refractivity contribution is -0.151. The zero-order chi connectivity index (χ0) is 14.9. The van der Waals surface area contributed by atoms with Gasteiger partial charge >= 0.3 is 0 Å². The van der Waals surface area contributed by atoms with Crippen LogP contribution in [0.1, 0.15) is 46.5 Å². The van der Waals surface area contributed by atoms with Crippen LogP contribution in [0.4, 0.5) is 0 Å². The number of methoxy groups -OCH3 is 1. The van der Waals surface area contributed by atoms with Crippen molar-refractivity contribution in [2.75, 3.05) is 13.7 Å². The largest absolute Gasteiger partial charge is 0.379 e. The van der Waals surface area contributed by atoms with Gasteiger partial charge in [0.05, 0.1) is 5.60 Å². The Morgan fingerprint density at radius 2 is 2.00 bits per heavy atom. The van der Waals surface area contributed by atoms with E-state index in [1.165, 1.54) is 0 Å². The first-order chi connectivity index (χ1) is 9.39. The molecule has 20 heavy (non-hydrogen) atoms.